The standard InChI is InChI=1S/C20H34O2/c1-7-8-16(6)11-17-12-18(14(2)3)20(22-10-9-21)19(13-17)15(4)5/h12-16,21H,7-11H2,1-6H3. The molecule has 1 unspecified atom stereocenters. The summed E-state index contributed by atoms with van der Waals surface area (Å²) >= 11 is 0. The van der Waals surface area contributed by atoms with Gasteiger partial charge in [-0.15, -0.1) is 0 Å². The lowest BCUT2D eigenvalue weighted by molar-refractivity contribution is 0.198. The fourth-order valence-electron chi connectivity index (χ4n) is 3.03. The van der Waals surface area contributed by atoms with Crippen molar-refractivity contribution in [2.24, 2.45) is 5.92 Å². The topological polar surface area (TPSA) is 29.5 Å². The van der Waals surface area contributed by atoms with Crippen molar-refractivity contribution in [1.29, 1.82) is 0 Å². The number of hydrogen-bond donors (Lipinski definition) is 1. The summed E-state index contributed by atoms with van der Waals surface area (Å²) in [6, 6.07) is 4.63. The van der Waals surface area contributed by atoms with Crippen LogP contribution in [0.2, 0.25) is 0 Å². The van der Waals surface area contributed by atoms with Crippen molar-refractivity contribution in [2.45, 2.75) is 72.6 Å². The van der Waals surface area contributed by atoms with Crippen molar-refractivity contribution < 1.29 is 9.84 Å². The maximum absolute atomic E-state index is 9.09. The van der Waals surface area contributed by atoms with Gasteiger partial charge < -0.3 is 9.84 Å². The molecule has 0 saturated heterocycles. The average molecular weight is 306 g/mol. The van der Waals surface area contributed by atoms with Crippen LogP contribution in [0, 0.1) is 5.92 Å². The van der Waals surface area contributed by atoms with Gasteiger partial charge in [-0.25, -0.2) is 0 Å². The summed E-state index contributed by atoms with van der Waals surface area (Å²) in [5.74, 6) is 2.56. The van der Waals surface area contributed by atoms with Gasteiger partial charge in [0.15, 0.2) is 0 Å². The third-order valence-electron chi connectivity index (χ3n) is 4.15. The van der Waals surface area contributed by atoms with E-state index < -0.39 is 0 Å². The first kappa shape index (κ1) is 19.0. The molecule has 1 rings (SSSR count). The predicted molar refractivity (Wildman–Crippen MR) is 95.0 cm³/mol. The third-order valence-corrected chi connectivity index (χ3v) is 4.15. The van der Waals surface area contributed by atoms with E-state index >= 15 is 0 Å². The molecular formula is C20H34O2. The number of ether oxygens (including phenoxy) is 1. The zero-order valence-electron chi connectivity index (χ0n) is 15.3. The molecule has 0 aliphatic heterocycles. The van der Waals surface area contributed by atoms with Gasteiger partial charge in [0.2, 0.25) is 0 Å². The highest BCUT2D eigenvalue weighted by molar-refractivity contribution is 5.48. The molecule has 1 aromatic rings. The van der Waals surface area contributed by atoms with Crippen molar-refractivity contribution in [3.8, 4) is 5.75 Å². The van der Waals surface area contributed by atoms with E-state index in [0.717, 1.165) is 12.2 Å². The summed E-state index contributed by atoms with van der Waals surface area (Å²) < 4.78 is 5.90. The minimum atomic E-state index is 0.0599. The Morgan fingerprint density at radius 1 is 1.00 bits per heavy atom. The van der Waals surface area contributed by atoms with E-state index in [9.17, 15) is 0 Å². The Balaban J connectivity index is 3.21. The van der Waals surface area contributed by atoms with Gasteiger partial charge in [0.25, 0.3) is 0 Å². The van der Waals surface area contributed by atoms with E-state index in [1.54, 1.807) is 0 Å². The predicted octanol–water partition coefficient (Wildman–Crippen LogP) is 5.28. The average Bonchev–Trinajstić information content (AvgIpc) is 2.44. The fraction of sp³-hybridized carbons (Fsp3) is 0.700. The number of benzene rings is 1. The molecule has 1 N–H and O–H groups in total. The summed E-state index contributed by atoms with van der Waals surface area (Å²) in [6.07, 6.45) is 3.65. The molecule has 126 valence electrons. The van der Waals surface area contributed by atoms with E-state index in [1.165, 1.54) is 29.5 Å². The zero-order valence-corrected chi connectivity index (χ0v) is 15.3. The first-order valence-electron chi connectivity index (χ1n) is 8.80. The Labute approximate surface area is 136 Å². The molecule has 1 atom stereocenters. The van der Waals surface area contributed by atoms with E-state index in [-0.39, 0.29) is 6.61 Å². The molecule has 0 fully saturated rings. The van der Waals surface area contributed by atoms with Crippen molar-refractivity contribution in [2.75, 3.05) is 13.2 Å². The summed E-state index contributed by atoms with van der Waals surface area (Å²) in [5, 5.41) is 9.09. The van der Waals surface area contributed by atoms with Crippen LogP contribution < -0.4 is 4.74 Å². The number of aliphatic hydroxyl groups is 1. The number of aliphatic hydroxyl groups excluding tert-OH is 1. The highest BCUT2D eigenvalue weighted by Gasteiger charge is 2.18. The lowest BCUT2D eigenvalue weighted by Crippen LogP contribution is -2.10. The first-order chi connectivity index (χ1) is 10.4. The van der Waals surface area contributed by atoms with Crippen LogP contribution in [0.25, 0.3) is 0 Å². The molecule has 0 heterocycles. The Hall–Kier alpha value is -1.02. The van der Waals surface area contributed by atoms with Gasteiger partial charge in [-0.05, 0) is 40.9 Å². The molecule has 2 heteroatoms. The SMILES string of the molecule is CCCC(C)Cc1cc(C(C)C)c(OCCO)c(C(C)C)c1. The van der Waals surface area contributed by atoms with Crippen LogP contribution in [0.15, 0.2) is 12.1 Å². The van der Waals surface area contributed by atoms with Gasteiger partial charge in [0, 0.05) is 0 Å². The van der Waals surface area contributed by atoms with Gasteiger partial charge in [0.1, 0.15) is 12.4 Å². The van der Waals surface area contributed by atoms with Crippen molar-refractivity contribution in [3.63, 3.8) is 0 Å². The molecule has 0 bridgehead atoms. The lowest BCUT2D eigenvalue weighted by atomic mass is 9.88. The van der Waals surface area contributed by atoms with Gasteiger partial charge in [0.05, 0.1) is 6.61 Å². The van der Waals surface area contributed by atoms with E-state index in [4.69, 9.17) is 9.84 Å². The first-order valence-corrected chi connectivity index (χ1v) is 8.80. The lowest BCUT2D eigenvalue weighted by Gasteiger charge is -2.22. The maximum Gasteiger partial charge on any atom is 0.126 e. The molecule has 0 radical (unpaired) electrons. The smallest absolute Gasteiger partial charge is 0.126 e. The van der Waals surface area contributed by atoms with Crippen LogP contribution in [0.1, 0.15) is 82.9 Å². The van der Waals surface area contributed by atoms with Gasteiger partial charge in [-0.2, -0.15) is 0 Å². The summed E-state index contributed by atoms with van der Waals surface area (Å²) in [7, 11) is 0. The maximum atomic E-state index is 9.09. The minimum Gasteiger partial charge on any atom is -0.491 e. The van der Waals surface area contributed by atoms with Gasteiger partial charge >= 0.3 is 0 Å². The van der Waals surface area contributed by atoms with Crippen molar-refractivity contribution in [3.05, 3.63) is 28.8 Å². The Kier molecular flexibility index (Phi) is 7.95. The zero-order chi connectivity index (χ0) is 16.7. The largest absolute Gasteiger partial charge is 0.491 e. The van der Waals surface area contributed by atoms with Gasteiger partial charge in [-0.1, -0.05) is 66.5 Å². The summed E-state index contributed by atoms with van der Waals surface area (Å²) in [5.41, 5.74) is 3.97. The molecule has 0 amide bonds. The van der Waals surface area contributed by atoms with Crippen molar-refractivity contribution >= 4 is 0 Å². The molecule has 0 aliphatic carbocycles. The monoisotopic (exact) mass is 306 g/mol. The number of rotatable bonds is 9. The van der Waals surface area contributed by atoms with Crippen LogP contribution in [0.3, 0.4) is 0 Å². The second kappa shape index (κ2) is 9.19. The fourth-order valence-corrected chi connectivity index (χ4v) is 3.03. The molecule has 22 heavy (non-hydrogen) atoms. The normalized spacial score (nSPS) is 13.0. The summed E-state index contributed by atoms with van der Waals surface area (Å²) in [4.78, 5) is 0. The highest BCUT2D eigenvalue weighted by Crippen LogP contribution is 2.36. The van der Waals surface area contributed by atoms with Crippen LogP contribution in [-0.2, 0) is 6.42 Å². The molecule has 0 saturated carbocycles. The second-order valence-corrected chi connectivity index (χ2v) is 7.08. The molecular weight excluding hydrogens is 272 g/mol. The van der Waals surface area contributed by atoms with E-state index in [2.05, 4.69) is 53.7 Å². The molecule has 1 aromatic carbocycles. The van der Waals surface area contributed by atoms with Gasteiger partial charge in [-0.3, -0.25) is 0 Å². The summed E-state index contributed by atoms with van der Waals surface area (Å²) in [6.45, 7) is 13.9. The highest BCUT2D eigenvalue weighted by atomic mass is 16.5. The Morgan fingerprint density at radius 2 is 1.55 bits per heavy atom. The minimum absolute atomic E-state index is 0.0599. The number of hydrogen-bond acceptors (Lipinski definition) is 2. The van der Waals surface area contributed by atoms with Crippen LogP contribution in [0.4, 0.5) is 0 Å². The quantitative estimate of drug-likeness (QED) is 0.672. The van der Waals surface area contributed by atoms with Crippen LogP contribution in [-0.4, -0.2) is 18.3 Å². The molecule has 0 aromatic heterocycles. The van der Waals surface area contributed by atoms with E-state index in [1.807, 2.05) is 0 Å². The molecule has 2 nitrogen and oxygen atoms in total. The molecule has 0 spiro atoms. The second-order valence-electron chi connectivity index (χ2n) is 7.08. The van der Waals surface area contributed by atoms with Crippen molar-refractivity contribution in [1.82, 2.24) is 0 Å². The molecule has 0 aliphatic rings. The Morgan fingerprint density at radius 3 is 1.95 bits per heavy atom. The van der Waals surface area contributed by atoms with Crippen LogP contribution in [0.5, 0.6) is 5.75 Å². The van der Waals surface area contributed by atoms with Crippen LogP contribution >= 0.6 is 0 Å². The third kappa shape index (κ3) is 5.31. The van der Waals surface area contributed by atoms with E-state index in [0.29, 0.717) is 24.4 Å². The Bertz CT molecular complexity index is 420.